The molecular formula is C17H21NO3S. The number of para-hydroxylation sites is 1. The number of nitrogens with zero attached hydrogens (tertiary/aromatic N) is 1. The maximum Gasteiger partial charge on any atom is 0.347 e. The van der Waals surface area contributed by atoms with Gasteiger partial charge in [-0.1, -0.05) is 32.0 Å². The maximum atomic E-state index is 11.1. The first-order valence-corrected chi connectivity index (χ1v) is 8.11. The Morgan fingerprint density at radius 3 is 2.59 bits per heavy atom. The summed E-state index contributed by atoms with van der Waals surface area (Å²) in [5.74, 6) is -0.0250. The fourth-order valence-electron chi connectivity index (χ4n) is 2.21. The highest BCUT2D eigenvalue weighted by Crippen LogP contribution is 2.33. The van der Waals surface area contributed by atoms with Crippen molar-refractivity contribution in [3.8, 4) is 5.75 Å². The summed E-state index contributed by atoms with van der Waals surface area (Å²) in [5, 5.41) is 10.0. The van der Waals surface area contributed by atoms with Gasteiger partial charge in [-0.25, -0.2) is 9.78 Å². The summed E-state index contributed by atoms with van der Waals surface area (Å²) in [6, 6.07) is 9.74. The largest absolute Gasteiger partial charge is 0.494 e. The van der Waals surface area contributed by atoms with E-state index in [2.05, 4.69) is 18.8 Å². The Labute approximate surface area is 134 Å². The molecule has 0 aliphatic carbocycles. The van der Waals surface area contributed by atoms with Gasteiger partial charge in [0, 0.05) is 5.41 Å². The number of thiazole rings is 1. The molecule has 0 aliphatic heterocycles. The van der Waals surface area contributed by atoms with E-state index in [1.54, 1.807) is 6.92 Å². The number of ether oxygens (including phenoxy) is 1. The zero-order valence-electron chi connectivity index (χ0n) is 13.1. The molecule has 0 amide bonds. The molecule has 0 unspecified atom stereocenters. The standard InChI is InChI=1S/C17H21NO3S/c1-12-14(15(19)20)22-16(18-12)17(2,3)10-7-11-21-13-8-5-4-6-9-13/h4-6,8-9H,7,10-11H2,1-3H3,(H,19,20). The van der Waals surface area contributed by atoms with E-state index in [-0.39, 0.29) is 5.41 Å². The number of rotatable bonds is 7. The predicted molar refractivity (Wildman–Crippen MR) is 88.0 cm³/mol. The molecule has 2 aromatic rings. The molecule has 1 N–H and O–H groups in total. The SMILES string of the molecule is Cc1nc(C(C)(C)CCCOc2ccccc2)sc1C(=O)O. The highest BCUT2D eigenvalue weighted by Gasteiger charge is 2.26. The summed E-state index contributed by atoms with van der Waals surface area (Å²) < 4.78 is 5.69. The van der Waals surface area contributed by atoms with Crippen LogP contribution < -0.4 is 4.74 Å². The minimum atomic E-state index is -0.899. The zero-order chi connectivity index (χ0) is 16.2. The molecule has 2 rings (SSSR count). The van der Waals surface area contributed by atoms with Gasteiger partial charge >= 0.3 is 5.97 Å². The van der Waals surface area contributed by atoms with Crippen LogP contribution in [0.4, 0.5) is 0 Å². The molecule has 1 aromatic carbocycles. The first-order valence-electron chi connectivity index (χ1n) is 7.29. The molecule has 22 heavy (non-hydrogen) atoms. The molecule has 0 spiro atoms. The summed E-state index contributed by atoms with van der Waals surface area (Å²) in [5.41, 5.74) is 0.449. The van der Waals surface area contributed by atoms with Crippen LogP contribution in [0, 0.1) is 6.92 Å². The Balaban J connectivity index is 1.90. The molecule has 4 nitrogen and oxygen atoms in total. The van der Waals surface area contributed by atoms with Crippen LogP contribution >= 0.6 is 11.3 Å². The normalized spacial score (nSPS) is 11.4. The van der Waals surface area contributed by atoms with Crippen LogP contribution in [0.1, 0.15) is 47.1 Å². The van der Waals surface area contributed by atoms with Crippen LogP contribution in [0.3, 0.4) is 0 Å². The molecule has 5 heteroatoms. The molecular weight excluding hydrogens is 298 g/mol. The molecule has 0 saturated heterocycles. The van der Waals surface area contributed by atoms with Crippen LogP contribution in [0.25, 0.3) is 0 Å². The van der Waals surface area contributed by atoms with Crippen molar-refractivity contribution in [2.75, 3.05) is 6.61 Å². The van der Waals surface area contributed by atoms with Crippen molar-refractivity contribution < 1.29 is 14.6 Å². The van der Waals surface area contributed by atoms with E-state index in [1.807, 2.05) is 30.3 Å². The molecule has 0 radical (unpaired) electrons. The Hall–Kier alpha value is -1.88. The van der Waals surface area contributed by atoms with Crippen molar-refractivity contribution in [2.24, 2.45) is 0 Å². The minimum Gasteiger partial charge on any atom is -0.494 e. The number of hydrogen-bond donors (Lipinski definition) is 1. The molecule has 1 aromatic heterocycles. The fourth-order valence-corrected chi connectivity index (χ4v) is 3.25. The Kier molecular flexibility index (Phi) is 5.19. The topological polar surface area (TPSA) is 59.4 Å². The second-order valence-electron chi connectivity index (χ2n) is 5.89. The third kappa shape index (κ3) is 4.07. The van der Waals surface area contributed by atoms with E-state index in [9.17, 15) is 4.79 Å². The van der Waals surface area contributed by atoms with E-state index in [1.165, 1.54) is 11.3 Å². The van der Waals surface area contributed by atoms with Gasteiger partial charge in [0.15, 0.2) is 0 Å². The smallest absolute Gasteiger partial charge is 0.347 e. The van der Waals surface area contributed by atoms with Crippen LogP contribution in [-0.4, -0.2) is 22.7 Å². The van der Waals surface area contributed by atoms with Crippen LogP contribution in [0.15, 0.2) is 30.3 Å². The first-order chi connectivity index (χ1) is 10.4. The Morgan fingerprint density at radius 2 is 2.00 bits per heavy atom. The molecule has 0 fully saturated rings. The molecule has 0 atom stereocenters. The van der Waals surface area contributed by atoms with Crippen LogP contribution in [0.5, 0.6) is 5.75 Å². The van der Waals surface area contributed by atoms with Crippen molar-refractivity contribution >= 4 is 17.3 Å². The van der Waals surface area contributed by atoms with Gasteiger partial charge in [0.05, 0.1) is 17.3 Å². The van der Waals surface area contributed by atoms with Crippen molar-refractivity contribution in [1.29, 1.82) is 0 Å². The van der Waals surface area contributed by atoms with Crippen molar-refractivity contribution in [3.63, 3.8) is 0 Å². The Bertz CT molecular complexity index is 635. The number of hydrogen-bond acceptors (Lipinski definition) is 4. The fraction of sp³-hybridized carbons (Fsp3) is 0.412. The van der Waals surface area contributed by atoms with Crippen molar-refractivity contribution in [3.05, 3.63) is 45.9 Å². The van der Waals surface area contributed by atoms with E-state index in [0.717, 1.165) is 23.6 Å². The van der Waals surface area contributed by atoms with Gasteiger partial charge in [0.25, 0.3) is 0 Å². The number of carboxylic acid groups (broad SMARTS) is 1. The van der Waals surface area contributed by atoms with Gasteiger partial charge in [-0.05, 0) is 31.9 Å². The predicted octanol–water partition coefficient (Wildman–Crippen LogP) is 4.29. The number of aryl methyl sites for hydroxylation is 1. The molecule has 0 saturated carbocycles. The summed E-state index contributed by atoms with van der Waals surface area (Å²) >= 11 is 1.28. The molecule has 0 aliphatic rings. The van der Waals surface area contributed by atoms with Gasteiger partial charge in [-0.2, -0.15) is 0 Å². The number of carbonyl (C=O) groups is 1. The number of benzene rings is 1. The summed E-state index contributed by atoms with van der Waals surface area (Å²) in [6.45, 7) is 6.58. The van der Waals surface area contributed by atoms with Gasteiger partial charge < -0.3 is 9.84 Å². The van der Waals surface area contributed by atoms with Crippen LogP contribution in [0.2, 0.25) is 0 Å². The Morgan fingerprint density at radius 1 is 1.32 bits per heavy atom. The summed E-state index contributed by atoms with van der Waals surface area (Å²) in [4.78, 5) is 15.9. The second-order valence-corrected chi connectivity index (χ2v) is 6.89. The zero-order valence-corrected chi connectivity index (χ0v) is 13.9. The van der Waals surface area contributed by atoms with Crippen molar-refractivity contribution in [2.45, 2.75) is 39.0 Å². The lowest BCUT2D eigenvalue weighted by molar-refractivity contribution is 0.0701. The lowest BCUT2D eigenvalue weighted by Crippen LogP contribution is -2.18. The van der Waals surface area contributed by atoms with Crippen molar-refractivity contribution in [1.82, 2.24) is 4.98 Å². The average Bonchev–Trinajstić information content (AvgIpc) is 2.88. The van der Waals surface area contributed by atoms with Gasteiger partial charge in [-0.3, -0.25) is 0 Å². The lowest BCUT2D eigenvalue weighted by Gasteiger charge is -2.21. The maximum absolute atomic E-state index is 11.1. The van der Waals surface area contributed by atoms with E-state index in [0.29, 0.717) is 17.2 Å². The highest BCUT2D eigenvalue weighted by molar-refractivity contribution is 7.13. The quantitative estimate of drug-likeness (QED) is 0.774. The van der Waals surface area contributed by atoms with Gasteiger partial charge in [0.2, 0.25) is 0 Å². The van der Waals surface area contributed by atoms with E-state index in [4.69, 9.17) is 9.84 Å². The lowest BCUT2D eigenvalue weighted by atomic mass is 9.89. The monoisotopic (exact) mass is 319 g/mol. The molecule has 0 bridgehead atoms. The first kappa shape index (κ1) is 16.5. The van der Waals surface area contributed by atoms with E-state index < -0.39 is 5.97 Å². The third-order valence-corrected chi connectivity index (χ3v) is 5.04. The number of aromatic nitrogens is 1. The van der Waals surface area contributed by atoms with Crippen LogP contribution in [-0.2, 0) is 5.41 Å². The average molecular weight is 319 g/mol. The second kappa shape index (κ2) is 6.92. The third-order valence-electron chi connectivity index (χ3n) is 3.53. The summed E-state index contributed by atoms with van der Waals surface area (Å²) in [7, 11) is 0. The minimum absolute atomic E-state index is 0.150. The molecule has 1 heterocycles. The number of aromatic carboxylic acids is 1. The van der Waals surface area contributed by atoms with E-state index >= 15 is 0 Å². The van der Waals surface area contributed by atoms with Gasteiger partial charge in [-0.15, -0.1) is 11.3 Å². The summed E-state index contributed by atoms with van der Waals surface area (Å²) in [6.07, 6.45) is 1.79. The molecule has 118 valence electrons. The highest BCUT2D eigenvalue weighted by atomic mass is 32.1. The van der Waals surface area contributed by atoms with Gasteiger partial charge in [0.1, 0.15) is 10.6 Å². The number of carboxylic acids is 1.